The van der Waals surface area contributed by atoms with Crippen molar-refractivity contribution in [2.24, 2.45) is 5.10 Å². The fraction of sp³-hybridized carbons (Fsp3) is 0.125. The highest BCUT2D eigenvalue weighted by Crippen LogP contribution is 2.23. The summed E-state index contributed by atoms with van der Waals surface area (Å²) in [7, 11) is 1.64. The van der Waals surface area contributed by atoms with Crippen LogP contribution in [0.25, 0.3) is 11.3 Å². The molecule has 0 fully saturated rings. The first-order valence-electron chi connectivity index (χ1n) is 6.65. The Hall–Kier alpha value is -2.60. The average molecular weight is 315 g/mol. The summed E-state index contributed by atoms with van der Waals surface area (Å²) in [6.45, 7) is 4.18. The van der Waals surface area contributed by atoms with Crippen molar-refractivity contribution in [1.29, 1.82) is 0 Å². The summed E-state index contributed by atoms with van der Waals surface area (Å²) < 4.78 is 10.8. The lowest BCUT2D eigenvalue weighted by Crippen LogP contribution is -2.31. The van der Waals surface area contributed by atoms with Crippen molar-refractivity contribution in [1.82, 2.24) is 10.7 Å². The molecule has 2 rings (SSSR count). The highest BCUT2D eigenvalue weighted by Gasteiger charge is 2.03. The van der Waals surface area contributed by atoms with Gasteiger partial charge >= 0.3 is 0 Å². The van der Waals surface area contributed by atoms with E-state index in [1.165, 1.54) is 0 Å². The maximum atomic E-state index is 5.70. The van der Waals surface area contributed by atoms with Crippen LogP contribution in [-0.4, -0.2) is 25.0 Å². The van der Waals surface area contributed by atoms with Crippen LogP contribution >= 0.6 is 12.2 Å². The third-order valence-corrected chi connectivity index (χ3v) is 3.00. The minimum atomic E-state index is 0.429. The number of nitrogens with one attached hydrogen (secondary N) is 2. The Morgan fingerprint density at radius 3 is 2.77 bits per heavy atom. The molecule has 1 heterocycles. The molecule has 22 heavy (non-hydrogen) atoms. The highest BCUT2D eigenvalue weighted by molar-refractivity contribution is 7.80. The fourth-order valence-electron chi connectivity index (χ4n) is 1.69. The topological polar surface area (TPSA) is 58.8 Å². The van der Waals surface area contributed by atoms with E-state index in [0.29, 0.717) is 17.4 Å². The van der Waals surface area contributed by atoms with Gasteiger partial charge in [-0.25, -0.2) is 0 Å². The lowest BCUT2D eigenvalue weighted by Gasteiger charge is -2.02. The van der Waals surface area contributed by atoms with Gasteiger partial charge in [-0.15, -0.1) is 6.58 Å². The normalized spacial score (nSPS) is 10.4. The van der Waals surface area contributed by atoms with Crippen LogP contribution in [0.4, 0.5) is 0 Å². The molecule has 2 aromatic rings. The second-order valence-electron chi connectivity index (χ2n) is 4.30. The van der Waals surface area contributed by atoms with Gasteiger partial charge in [0.15, 0.2) is 5.11 Å². The Balaban J connectivity index is 1.95. The van der Waals surface area contributed by atoms with Gasteiger partial charge in [-0.05, 0) is 48.6 Å². The number of hydrazone groups is 1. The smallest absolute Gasteiger partial charge is 0.187 e. The fourth-order valence-corrected chi connectivity index (χ4v) is 1.83. The monoisotopic (exact) mass is 315 g/mol. The third kappa shape index (κ3) is 4.46. The molecule has 0 saturated heterocycles. The molecular formula is C16H17N3O2S. The zero-order chi connectivity index (χ0) is 15.8. The van der Waals surface area contributed by atoms with E-state index in [9.17, 15) is 0 Å². The zero-order valence-electron chi connectivity index (χ0n) is 12.2. The summed E-state index contributed by atoms with van der Waals surface area (Å²) in [5, 5.41) is 7.34. The standard InChI is InChI=1S/C16H17N3O2S/c1-3-10-17-16(22)19-18-11-14-8-9-15(21-14)12-4-6-13(20-2)7-5-12/h3-9,11H,1,10H2,2H3,(H2,17,19,22). The molecule has 0 atom stereocenters. The quantitative estimate of drug-likeness (QED) is 0.371. The van der Waals surface area contributed by atoms with Gasteiger partial charge in [0.05, 0.1) is 13.3 Å². The Morgan fingerprint density at radius 1 is 1.32 bits per heavy atom. The number of methoxy groups -OCH3 is 1. The van der Waals surface area contributed by atoms with Crippen LogP contribution in [0.2, 0.25) is 0 Å². The first kappa shape index (κ1) is 15.8. The van der Waals surface area contributed by atoms with Crippen molar-refractivity contribution in [3.8, 4) is 17.1 Å². The highest BCUT2D eigenvalue weighted by atomic mass is 32.1. The molecule has 0 bridgehead atoms. The largest absolute Gasteiger partial charge is 0.497 e. The lowest BCUT2D eigenvalue weighted by atomic mass is 10.2. The average Bonchev–Trinajstić information content (AvgIpc) is 3.02. The van der Waals surface area contributed by atoms with Gasteiger partial charge in [0.25, 0.3) is 0 Å². The van der Waals surface area contributed by atoms with Gasteiger partial charge < -0.3 is 14.5 Å². The Morgan fingerprint density at radius 2 is 2.09 bits per heavy atom. The molecule has 0 amide bonds. The van der Waals surface area contributed by atoms with Crippen molar-refractivity contribution < 1.29 is 9.15 Å². The maximum absolute atomic E-state index is 5.70. The van der Waals surface area contributed by atoms with Crippen LogP contribution in [-0.2, 0) is 0 Å². The second-order valence-corrected chi connectivity index (χ2v) is 4.71. The minimum absolute atomic E-state index is 0.429. The molecular weight excluding hydrogens is 298 g/mol. The molecule has 5 nitrogen and oxygen atoms in total. The van der Waals surface area contributed by atoms with Gasteiger partial charge in [0.2, 0.25) is 0 Å². The van der Waals surface area contributed by atoms with Crippen LogP contribution in [0.5, 0.6) is 5.75 Å². The summed E-state index contributed by atoms with van der Waals surface area (Å²) in [5.74, 6) is 2.20. The van der Waals surface area contributed by atoms with Crippen LogP contribution in [0.1, 0.15) is 5.76 Å². The van der Waals surface area contributed by atoms with Crippen LogP contribution in [0.15, 0.2) is 58.6 Å². The van der Waals surface area contributed by atoms with E-state index in [-0.39, 0.29) is 0 Å². The van der Waals surface area contributed by atoms with Crippen molar-refractivity contribution in [3.63, 3.8) is 0 Å². The predicted molar refractivity (Wildman–Crippen MR) is 92.2 cm³/mol. The van der Waals surface area contributed by atoms with Gasteiger partial charge in [-0.3, -0.25) is 5.43 Å². The number of ether oxygens (including phenoxy) is 1. The molecule has 0 unspecified atom stereocenters. The van der Waals surface area contributed by atoms with Crippen molar-refractivity contribution >= 4 is 23.5 Å². The summed E-state index contributed by atoms with van der Waals surface area (Å²) >= 11 is 5.01. The number of benzene rings is 1. The first-order valence-corrected chi connectivity index (χ1v) is 7.06. The SMILES string of the molecule is C=CCNC(=S)NN=Cc1ccc(-c2ccc(OC)cc2)o1. The number of nitrogens with zero attached hydrogens (tertiary/aromatic N) is 1. The number of rotatable bonds is 6. The molecule has 0 spiro atoms. The second kappa shape index (κ2) is 7.99. The molecule has 0 radical (unpaired) electrons. The van der Waals surface area contributed by atoms with E-state index in [1.54, 1.807) is 19.4 Å². The molecule has 0 aliphatic rings. The molecule has 6 heteroatoms. The van der Waals surface area contributed by atoms with Crippen LogP contribution in [0, 0.1) is 0 Å². The summed E-state index contributed by atoms with van der Waals surface area (Å²) in [5.41, 5.74) is 3.66. The number of hydrogen-bond acceptors (Lipinski definition) is 4. The molecule has 2 N–H and O–H groups in total. The minimum Gasteiger partial charge on any atom is -0.497 e. The number of thiocarbonyl (C=S) groups is 1. The van der Waals surface area contributed by atoms with E-state index >= 15 is 0 Å². The van der Waals surface area contributed by atoms with Gasteiger partial charge in [0, 0.05) is 12.1 Å². The molecule has 0 aliphatic heterocycles. The molecule has 1 aromatic heterocycles. The van der Waals surface area contributed by atoms with E-state index in [4.69, 9.17) is 21.4 Å². The first-order chi connectivity index (χ1) is 10.7. The Labute approximate surface area is 134 Å². The Bertz CT molecular complexity index is 662. The third-order valence-electron chi connectivity index (χ3n) is 2.77. The summed E-state index contributed by atoms with van der Waals surface area (Å²) in [4.78, 5) is 0. The van der Waals surface area contributed by atoms with E-state index in [0.717, 1.165) is 17.1 Å². The summed E-state index contributed by atoms with van der Waals surface area (Å²) in [6, 6.07) is 11.4. The summed E-state index contributed by atoms with van der Waals surface area (Å²) in [6.07, 6.45) is 3.28. The number of hydrogen-bond donors (Lipinski definition) is 2. The molecule has 0 aliphatic carbocycles. The van der Waals surface area contributed by atoms with E-state index < -0.39 is 0 Å². The predicted octanol–water partition coefficient (Wildman–Crippen LogP) is 2.94. The van der Waals surface area contributed by atoms with Crippen molar-refractivity contribution in [2.45, 2.75) is 0 Å². The maximum Gasteiger partial charge on any atom is 0.187 e. The van der Waals surface area contributed by atoms with E-state index in [2.05, 4.69) is 22.4 Å². The number of furan rings is 1. The molecule has 114 valence electrons. The van der Waals surface area contributed by atoms with Gasteiger partial charge in [0.1, 0.15) is 17.3 Å². The molecule has 0 saturated carbocycles. The van der Waals surface area contributed by atoms with E-state index in [1.807, 2.05) is 36.4 Å². The molecule has 1 aromatic carbocycles. The zero-order valence-corrected chi connectivity index (χ0v) is 13.0. The van der Waals surface area contributed by atoms with Crippen LogP contribution in [0.3, 0.4) is 0 Å². The van der Waals surface area contributed by atoms with Gasteiger partial charge in [-0.2, -0.15) is 5.10 Å². The lowest BCUT2D eigenvalue weighted by molar-refractivity contribution is 0.415. The van der Waals surface area contributed by atoms with Crippen molar-refractivity contribution in [2.75, 3.05) is 13.7 Å². The van der Waals surface area contributed by atoms with Crippen LogP contribution < -0.4 is 15.5 Å². The Kier molecular flexibility index (Phi) is 5.73. The van der Waals surface area contributed by atoms with Gasteiger partial charge in [-0.1, -0.05) is 6.08 Å². The van der Waals surface area contributed by atoms with Crippen molar-refractivity contribution in [3.05, 3.63) is 54.8 Å².